The third kappa shape index (κ3) is 3.73. The van der Waals surface area contributed by atoms with Crippen LogP contribution < -0.4 is 10.5 Å². The summed E-state index contributed by atoms with van der Waals surface area (Å²) in [6, 6.07) is 6.12. The van der Waals surface area contributed by atoms with Crippen molar-refractivity contribution in [2.24, 2.45) is 0 Å². The van der Waals surface area contributed by atoms with E-state index in [1.807, 2.05) is 0 Å². The van der Waals surface area contributed by atoms with Gasteiger partial charge in [0.05, 0.1) is 11.8 Å². The van der Waals surface area contributed by atoms with E-state index in [1.54, 1.807) is 31.2 Å². The molecule has 1 heterocycles. The summed E-state index contributed by atoms with van der Waals surface area (Å²) < 4.78 is 26.4. The highest BCUT2D eigenvalue weighted by molar-refractivity contribution is 7.88. The third-order valence-electron chi connectivity index (χ3n) is 2.44. The van der Waals surface area contributed by atoms with Crippen LogP contribution in [0.1, 0.15) is 24.4 Å². The van der Waals surface area contributed by atoms with Crippen molar-refractivity contribution in [1.82, 2.24) is 25.3 Å². The fourth-order valence-corrected chi connectivity index (χ4v) is 2.91. The highest BCUT2D eigenvalue weighted by Gasteiger charge is 2.19. The van der Waals surface area contributed by atoms with E-state index in [9.17, 15) is 8.42 Å². The Morgan fingerprint density at radius 2 is 2.05 bits per heavy atom. The van der Waals surface area contributed by atoms with E-state index >= 15 is 0 Å². The minimum absolute atomic E-state index is 0.129. The van der Waals surface area contributed by atoms with Crippen molar-refractivity contribution in [2.45, 2.75) is 18.7 Å². The Hall–Kier alpha value is -2.00. The lowest BCUT2D eigenvalue weighted by Crippen LogP contribution is -2.28. The summed E-state index contributed by atoms with van der Waals surface area (Å²) in [7, 11) is -3.49. The van der Waals surface area contributed by atoms with Gasteiger partial charge in [0.1, 0.15) is 0 Å². The van der Waals surface area contributed by atoms with E-state index < -0.39 is 16.1 Å². The average Bonchev–Trinajstić information content (AvgIpc) is 2.85. The van der Waals surface area contributed by atoms with Crippen molar-refractivity contribution in [3.63, 3.8) is 0 Å². The Kier molecular flexibility index (Phi) is 3.76. The first-order valence-electron chi connectivity index (χ1n) is 5.54. The first-order chi connectivity index (χ1) is 8.96. The van der Waals surface area contributed by atoms with Gasteiger partial charge in [0.25, 0.3) is 0 Å². The number of nitrogens with two attached hydrogens (primary N) is 1. The summed E-state index contributed by atoms with van der Waals surface area (Å²) in [5.74, 6) is 0.163. The molecule has 2 aromatic rings. The lowest BCUT2D eigenvalue weighted by atomic mass is 10.2. The minimum atomic E-state index is -3.49. The molecule has 0 fully saturated rings. The number of rotatable bonds is 5. The predicted molar refractivity (Wildman–Crippen MR) is 69.2 cm³/mol. The van der Waals surface area contributed by atoms with Gasteiger partial charge in [-0.25, -0.2) is 13.1 Å². The second-order valence-corrected chi connectivity index (χ2v) is 5.86. The number of nitrogen functional groups attached to an aromatic ring is 1. The zero-order valence-electron chi connectivity index (χ0n) is 10.2. The number of benzene rings is 1. The zero-order valence-corrected chi connectivity index (χ0v) is 11.1. The van der Waals surface area contributed by atoms with E-state index in [2.05, 4.69) is 25.3 Å². The van der Waals surface area contributed by atoms with Crippen molar-refractivity contribution in [2.75, 3.05) is 5.73 Å². The van der Waals surface area contributed by atoms with Gasteiger partial charge in [0.2, 0.25) is 10.0 Å². The SMILES string of the molecule is CC(NS(=O)(=O)Cc1ccc(N)cc1)c1nn[nH]n1. The highest BCUT2D eigenvalue weighted by Crippen LogP contribution is 2.11. The van der Waals surface area contributed by atoms with Crippen LogP contribution >= 0.6 is 0 Å². The maximum atomic E-state index is 12.0. The molecule has 1 unspecified atom stereocenters. The fourth-order valence-electron chi connectivity index (χ4n) is 1.55. The number of sulfonamides is 1. The molecule has 0 bridgehead atoms. The molecule has 0 radical (unpaired) electrons. The average molecular weight is 282 g/mol. The Bertz CT molecular complexity index is 623. The smallest absolute Gasteiger partial charge is 0.216 e. The molecule has 2 rings (SSSR count). The van der Waals surface area contributed by atoms with Crippen LogP contribution in [0, 0.1) is 0 Å². The number of nitrogens with zero attached hydrogens (tertiary/aromatic N) is 3. The molecule has 1 aromatic carbocycles. The largest absolute Gasteiger partial charge is 0.399 e. The summed E-state index contributed by atoms with van der Waals surface area (Å²) in [6.07, 6.45) is 0. The number of hydrogen-bond acceptors (Lipinski definition) is 6. The summed E-state index contributed by atoms with van der Waals surface area (Å²) in [6.45, 7) is 1.64. The molecular weight excluding hydrogens is 268 g/mol. The molecule has 0 aliphatic rings. The van der Waals surface area contributed by atoms with Crippen LogP contribution in [-0.2, 0) is 15.8 Å². The minimum Gasteiger partial charge on any atom is -0.399 e. The maximum absolute atomic E-state index is 12.0. The Morgan fingerprint density at radius 1 is 1.37 bits per heavy atom. The van der Waals surface area contributed by atoms with Gasteiger partial charge in [-0.3, -0.25) is 0 Å². The number of hydrogen-bond donors (Lipinski definition) is 3. The summed E-state index contributed by atoms with van der Waals surface area (Å²) in [4.78, 5) is 0. The van der Waals surface area contributed by atoms with E-state index in [0.717, 1.165) is 0 Å². The van der Waals surface area contributed by atoms with Gasteiger partial charge in [0.15, 0.2) is 5.82 Å². The van der Waals surface area contributed by atoms with E-state index in [0.29, 0.717) is 17.1 Å². The monoisotopic (exact) mass is 282 g/mol. The van der Waals surface area contributed by atoms with Crippen molar-refractivity contribution >= 4 is 15.7 Å². The molecule has 19 heavy (non-hydrogen) atoms. The van der Waals surface area contributed by atoms with Crippen molar-refractivity contribution in [3.8, 4) is 0 Å². The Balaban J connectivity index is 2.04. The van der Waals surface area contributed by atoms with Crippen LogP contribution in [0.15, 0.2) is 24.3 Å². The number of H-pyrrole nitrogens is 1. The normalized spacial score (nSPS) is 13.3. The molecule has 9 heteroatoms. The predicted octanol–water partition coefficient (Wildman–Crippen LogP) is -0.0375. The number of anilines is 1. The van der Waals surface area contributed by atoms with Gasteiger partial charge in [-0.05, 0) is 24.6 Å². The highest BCUT2D eigenvalue weighted by atomic mass is 32.2. The van der Waals surface area contributed by atoms with Crippen LogP contribution in [0.25, 0.3) is 0 Å². The van der Waals surface area contributed by atoms with Crippen molar-refractivity contribution in [1.29, 1.82) is 0 Å². The molecule has 4 N–H and O–H groups in total. The molecule has 0 amide bonds. The molecule has 1 atom stereocenters. The van der Waals surface area contributed by atoms with Crippen LogP contribution in [0.2, 0.25) is 0 Å². The van der Waals surface area contributed by atoms with Gasteiger partial charge >= 0.3 is 0 Å². The van der Waals surface area contributed by atoms with Gasteiger partial charge in [-0.15, -0.1) is 10.2 Å². The van der Waals surface area contributed by atoms with E-state index in [-0.39, 0.29) is 5.75 Å². The first kappa shape index (κ1) is 13.4. The van der Waals surface area contributed by atoms with Crippen LogP contribution in [0.5, 0.6) is 0 Å². The van der Waals surface area contributed by atoms with E-state index in [1.165, 1.54) is 0 Å². The molecule has 1 aromatic heterocycles. The third-order valence-corrected chi connectivity index (χ3v) is 3.87. The Morgan fingerprint density at radius 3 is 2.63 bits per heavy atom. The summed E-state index contributed by atoms with van der Waals surface area (Å²) in [5, 5.41) is 13.1. The van der Waals surface area contributed by atoms with Gasteiger partial charge in [-0.1, -0.05) is 17.3 Å². The topological polar surface area (TPSA) is 127 Å². The molecule has 0 saturated carbocycles. The van der Waals surface area contributed by atoms with Crippen molar-refractivity contribution < 1.29 is 8.42 Å². The lowest BCUT2D eigenvalue weighted by Gasteiger charge is -2.10. The molecular formula is C10H14N6O2S. The first-order valence-corrected chi connectivity index (χ1v) is 7.19. The summed E-state index contributed by atoms with van der Waals surface area (Å²) >= 11 is 0. The van der Waals surface area contributed by atoms with E-state index in [4.69, 9.17) is 5.73 Å². The molecule has 102 valence electrons. The van der Waals surface area contributed by atoms with Crippen LogP contribution in [0.4, 0.5) is 5.69 Å². The standard InChI is InChI=1S/C10H14N6O2S/c1-7(10-12-15-16-13-10)14-19(17,18)6-8-2-4-9(11)5-3-8/h2-5,7,14H,6,11H2,1H3,(H,12,13,15,16). The molecule has 0 aliphatic heterocycles. The molecule has 0 saturated heterocycles. The number of tetrazole rings is 1. The second-order valence-electron chi connectivity index (χ2n) is 4.11. The fraction of sp³-hybridized carbons (Fsp3) is 0.300. The molecule has 0 spiro atoms. The quantitative estimate of drug-likeness (QED) is 0.660. The van der Waals surface area contributed by atoms with Gasteiger partial charge in [0, 0.05) is 5.69 Å². The number of aromatic nitrogens is 4. The van der Waals surface area contributed by atoms with Gasteiger partial charge in [-0.2, -0.15) is 5.21 Å². The maximum Gasteiger partial charge on any atom is 0.216 e. The van der Waals surface area contributed by atoms with Crippen LogP contribution in [0.3, 0.4) is 0 Å². The lowest BCUT2D eigenvalue weighted by molar-refractivity contribution is 0.559. The Labute approximate surface area is 110 Å². The zero-order chi connectivity index (χ0) is 13.9. The summed E-state index contributed by atoms with van der Waals surface area (Å²) in [5.41, 5.74) is 6.79. The van der Waals surface area contributed by atoms with Gasteiger partial charge < -0.3 is 5.73 Å². The van der Waals surface area contributed by atoms with Crippen molar-refractivity contribution in [3.05, 3.63) is 35.7 Å². The number of nitrogens with one attached hydrogen (secondary N) is 2. The van der Waals surface area contributed by atoms with Crippen LogP contribution in [-0.4, -0.2) is 29.0 Å². The molecule has 8 nitrogen and oxygen atoms in total. The molecule has 0 aliphatic carbocycles. The number of aromatic amines is 1. The second kappa shape index (κ2) is 5.33.